The van der Waals surface area contributed by atoms with Crippen LogP contribution in [0.1, 0.15) is 92.6 Å². The first-order chi connectivity index (χ1) is 17.6. The van der Waals surface area contributed by atoms with Crippen molar-refractivity contribution in [1.82, 2.24) is 15.2 Å². The number of nitrogens with zero attached hydrogens (tertiary/aromatic N) is 2. The highest BCUT2D eigenvalue weighted by molar-refractivity contribution is 7.91. The summed E-state index contributed by atoms with van der Waals surface area (Å²) in [6, 6.07) is 8.60. The van der Waals surface area contributed by atoms with Crippen molar-refractivity contribution in [2.75, 3.05) is 18.9 Å². The van der Waals surface area contributed by atoms with Crippen LogP contribution in [-0.2, 0) is 16.4 Å². The lowest BCUT2D eigenvalue weighted by Crippen LogP contribution is -2.32. The molecule has 2 aliphatic rings. The predicted octanol–water partition coefficient (Wildman–Crippen LogP) is 4.68. The van der Waals surface area contributed by atoms with Gasteiger partial charge < -0.3 is 10.4 Å². The topological polar surface area (TPSA) is 99.6 Å². The van der Waals surface area contributed by atoms with E-state index in [1.54, 1.807) is 13.0 Å². The molecule has 0 saturated heterocycles. The Kier molecular flexibility index (Phi) is 8.71. The van der Waals surface area contributed by atoms with Gasteiger partial charge in [0.2, 0.25) is 0 Å². The second-order valence-corrected chi connectivity index (χ2v) is 13.5. The van der Waals surface area contributed by atoms with Crippen LogP contribution in [0.4, 0.5) is 0 Å². The molecule has 1 aromatic carbocycles. The van der Waals surface area contributed by atoms with Crippen molar-refractivity contribution < 1.29 is 18.3 Å². The number of rotatable bonds is 9. The van der Waals surface area contributed by atoms with Crippen molar-refractivity contribution in [3.8, 4) is 0 Å². The van der Waals surface area contributed by atoms with Crippen LogP contribution in [0.3, 0.4) is 0 Å². The standard InChI is InChI=1S/C29H41N3O4S/c1-5-37(35,36)24-11-13-26(30-15-24)27(18-33)31-29(34)22-10-12-25-23(14-22)17-32(28(25)19(2)3)16-21-8-6-20(4)7-9-21/h10-15,19-21,27-28,33H,5-9,16-18H2,1-4H3,(H,31,34)/t20-,21-,27-,28-/m1/s1. The van der Waals surface area contributed by atoms with Crippen LogP contribution in [0.5, 0.6) is 0 Å². The average Bonchev–Trinajstić information content (AvgIpc) is 3.25. The van der Waals surface area contributed by atoms with Crippen LogP contribution < -0.4 is 5.32 Å². The summed E-state index contributed by atoms with van der Waals surface area (Å²) in [6.07, 6.45) is 6.52. The minimum absolute atomic E-state index is 0.0124. The summed E-state index contributed by atoms with van der Waals surface area (Å²) >= 11 is 0. The molecule has 2 N–H and O–H groups in total. The third-order valence-electron chi connectivity index (χ3n) is 8.09. The molecule has 0 bridgehead atoms. The number of fused-ring (bicyclic) bond motifs is 1. The highest BCUT2D eigenvalue weighted by Gasteiger charge is 2.34. The van der Waals surface area contributed by atoms with Crippen LogP contribution in [0.15, 0.2) is 41.4 Å². The fraction of sp³-hybridized carbons (Fsp3) is 0.586. The smallest absolute Gasteiger partial charge is 0.251 e. The van der Waals surface area contributed by atoms with Crippen LogP contribution in [-0.4, -0.2) is 48.2 Å². The molecule has 2 atom stereocenters. The van der Waals surface area contributed by atoms with Gasteiger partial charge in [0, 0.05) is 30.9 Å². The lowest BCUT2D eigenvalue weighted by Gasteiger charge is -2.34. The van der Waals surface area contributed by atoms with E-state index < -0.39 is 15.9 Å². The molecule has 4 rings (SSSR count). The van der Waals surface area contributed by atoms with Crippen molar-refractivity contribution >= 4 is 15.7 Å². The summed E-state index contributed by atoms with van der Waals surface area (Å²) in [4.78, 5) is 20.1. The highest BCUT2D eigenvalue weighted by Crippen LogP contribution is 2.41. The fourth-order valence-electron chi connectivity index (χ4n) is 5.89. The van der Waals surface area contributed by atoms with Crippen molar-refractivity contribution in [3.63, 3.8) is 0 Å². The summed E-state index contributed by atoms with van der Waals surface area (Å²) < 4.78 is 24.1. The maximum Gasteiger partial charge on any atom is 0.251 e. The molecule has 1 fully saturated rings. The van der Waals surface area contributed by atoms with Crippen molar-refractivity contribution in [2.24, 2.45) is 17.8 Å². The van der Waals surface area contributed by atoms with Gasteiger partial charge in [0.25, 0.3) is 5.91 Å². The monoisotopic (exact) mass is 527 g/mol. The maximum absolute atomic E-state index is 13.1. The van der Waals surface area contributed by atoms with E-state index in [4.69, 9.17) is 0 Å². The van der Waals surface area contributed by atoms with Crippen LogP contribution in [0.25, 0.3) is 0 Å². The molecule has 1 aliphatic carbocycles. The molecular weight excluding hydrogens is 486 g/mol. The molecule has 8 heteroatoms. The van der Waals surface area contributed by atoms with Crippen molar-refractivity contribution in [1.29, 1.82) is 0 Å². The Hall–Kier alpha value is -2.29. The molecule has 0 radical (unpaired) electrons. The Bertz CT molecular complexity index is 1190. The van der Waals surface area contributed by atoms with E-state index in [0.29, 0.717) is 23.2 Å². The molecule has 202 valence electrons. The SMILES string of the molecule is CCS(=O)(=O)c1ccc([C@@H](CO)NC(=O)c2ccc3c(c2)CN(C[C@H]2CC[C@H](C)CC2)[C@@H]3C(C)C)nc1. The Morgan fingerprint density at radius 2 is 1.89 bits per heavy atom. The largest absolute Gasteiger partial charge is 0.394 e. The Labute approximate surface area is 221 Å². The summed E-state index contributed by atoms with van der Waals surface area (Å²) in [6.45, 7) is 10.1. The van der Waals surface area contributed by atoms with Gasteiger partial charge in [0.05, 0.1) is 29.0 Å². The highest BCUT2D eigenvalue weighted by atomic mass is 32.2. The van der Waals surface area contributed by atoms with Gasteiger partial charge in [-0.3, -0.25) is 14.7 Å². The van der Waals surface area contributed by atoms with E-state index in [0.717, 1.165) is 24.9 Å². The van der Waals surface area contributed by atoms with Crippen molar-refractivity contribution in [2.45, 2.75) is 76.9 Å². The molecule has 0 spiro atoms. The van der Waals surface area contributed by atoms with Crippen molar-refractivity contribution in [3.05, 3.63) is 58.9 Å². The molecule has 1 saturated carbocycles. The molecule has 1 amide bonds. The first kappa shape index (κ1) is 27.7. The number of amides is 1. The summed E-state index contributed by atoms with van der Waals surface area (Å²) in [5.41, 5.74) is 3.48. The second kappa shape index (κ2) is 11.6. The normalized spacial score (nSPS) is 23.1. The lowest BCUT2D eigenvalue weighted by molar-refractivity contribution is 0.0914. The number of hydrogen-bond acceptors (Lipinski definition) is 6. The number of carbonyl (C=O) groups is 1. The molecule has 1 aromatic heterocycles. The number of aromatic nitrogens is 1. The zero-order valence-corrected chi connectivity index (χ0v) is 23.3. The summed E-state index contributed by atoms with van der Waals surface area (Å²) in [7, 11) is -3.36. The maximum atomic E-state index is 13.1. The molecule has 2 heterocycles. The van der Waals surface area contributed by atoms with E-state index >= 15 is 0 Å². The first-order valence-corrected chi connectivity index (χ1v) is 15.3. The Balaban J connectivity index is 1.47. The number of nitrogens with one attached hydrogen (secondary N) is 1. The number of hydrogen-bond donors (Lipinski definition) is 2. The quantitative estimate of drug-likeness (QED) is 0.491. The number of carbonyl (C=O) groups excluding carboxylic acids is 1. The number of sulfone groups is 1. The zero-order chi connectivity index (χ0) is 26.7. The fourth-order valence-corrected chi connectivity index (χ4v) is 6.71. The van der Waals surface area contributed by atoms with Gasteiger partial charge in [-0.15, -0.1) is 0 Å². The average molecular weight is 528 g/mol. The molecule has 37 heavy (non-hydrogen) atoms. The van der Waals surface area contributed by atoms with E-state index in [9.17, 15) is 18.3 Å². The van der Waals surface area contributed by atoms with Crippen LogP contribution in [0.2, 0.25) is 0 Å². The van der Waals surface area contributed by atoms with E-state index in [-0.39, 0.29) is 23.2 Å². The third-order valence-corrected chi connectivity index (χ3v) is 9.81. The first-order valence-electron chi connectivity index (χ1n) is 13.6. The Morgan fingerprint density at radius 1 is 1.16 bits per heavy atom. The molecule has 7 nitrogen and oxygen atoms in total. The zero-order valence-electron chi connectivity index (χ0n) is 22.5. The lowest BCUT2D eigenvalue weighted by atomic mass is 9.82. The number of aliphatic hydroxyl groups is 1. The van der Waals surface area contributed by atoms with Gasteiger partial charge in [0.1, 0.15) is 0 Å². The molecule has 2 aromatic rings. The molecular formula is C29H41N3O4S. The van der Waals surface area contributed by atoms with Gasteiger partial charge in [-0.25, -0.2) is 8.42 Å². The van der Waals surface area contributed by atoms with Crippen LogP contribution in [0, 0.1) is 17.8 Å². The van der Waals surface area contributed by atoms with E-state index in [1.165, 1.54) is 49.1 Å². The van der Waals surface area contributed by atoms with Crippen LogP contribution >= 0.6 is 0 Å². The van der Waals surface area contributed by atoms with Gasteiger partial charge in [-0.2, -0.15) is 0 Å². The van der Waals surface area contributed by atoms with Gasteiger partial charge in [0.15, 0.2) is 9.84 Å². The van der Waals surface area contributed by atoms with E-state index in [2.05, 4.69) is 42.0 Å². The molecule has 0 unspecified atom stereocenters. The van der Waals surface area contributed by atoms with Gasteiger partial charge >= 0.3 is 0 Å². The number of aliphatic hydroxyl groups excluding tert-OH is 1. The minimum atomic E-state index is -3.36. The van der Waals surface area contributed by atoms with Gasteiger partial charge in [-0.05, 0) is 66.0 Å². The summed E-state index contributed by atoms with van der Waals surface area (Å²) in [5, 5.41) is 12.8. The second-order valence-electron chi connectivity index (χ2n) is 11.2. The predicted molar refractivity (Wildman–Crippen MR) is 145 cm³/mol. The Morgan fingerprint density at radius 3 is 2.49 bits per heavy atom. The number of pyridine rings is 1. The van der Waals surface area contributed by atoms with E-state index in [1.807, 2.05) is 12.1 Å². The molecule has 1 aliphatic heterocycles. The summed E-state index contributed by atoms with van der Waals surface area (Å²) in [5.74, 6) is 1.77. The number of benzene rings is 1. The van der Waals surface area contributed by atoms with Gasteiger partial charge in [-0.1, -0.05) is 46.6 Å². The third kappa shape index (κ3) is 6.24. The minimum Gasteiger partial charge on any atom is -0.394 e.